The first-order chi connectivity index (χ1) is 7.40. The molecule has 84 valence electrons. The summed E-state index contributed by atoms with van der Waals surface area (Å²) in [6.45, 7) is 5.73. The van der Waals surface area contributed by atoms with Crippen molar-refractivity contribution in [2.75, 3.05) is 0 Å². The molecule has 0 aromatic rings. The first kappa shape index (κ1) is 10.0. The Balaban J connectivity index is 2.28. The van der Waals surface area contributed by atoms with Crippen LogP contribution in [-0.2, 0) is 4.79 Å². The molecule has 0 heterocycles. The van der Waals surface area contributed by atoms with E-state index < -0.39 is 5.60 Å². The topological polar surface area (TPSA) is 37.3 Å². The molecular weight excluding hydrogens is 200 g/mol. The average Bonchev–Trinajstić information content (AvgIpc) is 2.94. The maximum atomic E-state index is 12.3. The number of Topliss-reactive ketones (excluding diaryl/α,β-unsaturated/α-hetero) is 1. The molecule has 3 aliphatic carbocycles. The van der Waals surface area contributed by atoms with Gasteiger partial charge in [0.25, 0.3) is 0 Å². The van der Waals surface area contributed by atoms with E-state index in [-0.39, 0.29) is 11.2 Å². The number of carbonyl (C=O) groups excluding carboxylic acids is 1. The van der Waals surface area contributed by atoms with E-state index in [4.69, 9.17) is 0 Å². The highest BCUT2D eigenvalue weighted by molar-refractivity contribution is 6.10. The van der Waals surface area contributed by atoms with Crippen LogP contribution in [0.1, 0.15) is 33.6 Å². The molecule has 2 nitrogen and oxygen atoms in total. The molecule has 0 unspecified atom stereocenters. The molecule has 3 rings (SSSR count). The van der Waals surface area contributed by atoms with Gasteiger partial charge in [0.1, 0.15) is 5.60 Å². The van der Waals surface area contributed by atoms with Gasteiger partial charge in [0, 0.05) is 11.0 Å². The van der Waals surface area contributed by atoms with Gasteiger partial charge < -0.3 is 5.11 Å². The third kappa shape index (κ3) is 0.897. The Hall–Kier alpha value is -1.15. The molecule has 0 aromatic carbocycles. The van der Waals surface area contributed by atoms with Gasteiger partial charge in [0.15, 0.2) is 5.78 Å². The zero-order valence-corrected chi connectivity index (χ0v) is 9.92. The molecule has 16 heavy (non-hydrogen) atoms. The zero-order valence-electron chi connectivity index (χ0n) is 9.92. The monoisotopic (exact) mass is 216 g/mol. The Kier molecular flexibility index (Phi) is 1.61. The summed E-state index contributed by atoms with van der Waals surface area (Å²) >= 11 is 0. The number of rotatable bonds is 0. The van der Waals surface area contributed by atoms with Gasteiger partial charge in [-0.05, 0) is 50.8 Å². The molecular formula is C14H16O2. The number of hydrogen-bond donors (Lipinski definition) is 1. The Bertz CT molecular complexity index is 497. The van der Waals surface area contributed by atoms with Gasteiger partial charge in [-0.1, -0.05) is 11.6 Å². The number of aliphatic hydroxyl groups is 1. The van der Waals surface area contributed by atoms with Crippen LogP contribution in [0.5, 0.6) is 0 Å². The fraction of sp³-hybridized carbons (Fsp3) is 0.500. The minimum atomic E-state index is -1.20. The first-order valence-corrected chi connectivity index (χ1v) is 5.79. The lowest BCUT2D eigenvalue weighted by molar-refractivity contribution is -0.137. The summed E-state index contributed by atoms with van der Waals surface area (Å²) in [5, 5.41) is 10.5. The van der Waals surface area contributed by atoms with Crippen LogP contribution in [-0.4, -0.2) is 16.5 Å². The van der Waals surface area contributed by atoms with E-state index in [0.717, 1.165) is 24.0 Å². The second kappa shape index (κ2) is 2.57. The van der Waals surface area contributed by atoms with E-state index in [2.05, 4.69) is 13.0 Å². The molecule has 0 radical (unpaired) electrons. The Labute approximate surface area is 95.4 Å². The van der Waals surface area contributed by atoms with Crippen molar-refractivity contribution in [2.24, 2.45) is 5.41 Å². The third-order valence-corrected chi connectivity index (χ3v) is 4.52. The quantitative estimate of drug-likeness (QED) is 0.674. The minimum Gasteiger partial charge on any atom is -0.381 e. The second-order valence-corrected chi connectivity index (χ2v) is 5.47. The van der Waals surface area contributed by atoms with Crippen LogP contribution in [0, 0.1) is 5.41 Å². The number of allylic oxidation sites excluding steroid dienone is 4. The lowest BCUT2D eigenvalue weighted by atomic mass is 9.68. The Morgan fingerprint density at radius 3 is 2.44 bits per heavy atom. The first-order valence-electron chi connectivity index (χ1n) is 5.79. The lowest BCUT2D eigenvalue weighted by Crippen LogP contribution is -2.49. The zero-order chi connectivity index (χ0) is 11.7. The molecule has 0 aliphatic heterocycles. The van der Waals surface area contributed by atoms with Crippen LogP contribution >= 0.6 is 0 Å². The summed E-state index contributed by atoms with van der Waals surface area (Å²) < 4.78 is 0. The second-order valence-electron chi connectivity index (χ2n) is 5.47. The van der Waals surface area contributed by atoms with Crippen molar-refractivity contribution in [1.29, 1.82) is 0 Å². The SMILES string of the molecule is CC1=CC2=C(C)C3(CC3)[C@@](C)(O)C(=O)C2=C1. The summed E-state index contributed by atoms with van der Waals surface area (Å²) in [7, 11) is 0. The lowest BCUT2D eigenvalue weighted by Gasteiger charge is -2.38. The molecule has 0 bridgehead atoms. The molecule has 1 saturated carbocycles. The van der Waals surface area contributed by atoms with E-state index in [1.54, 1.807) is 6.92 Å². The van der Waals surface area contributed by atoms with Crippen LogP contribution in [0.3, 0.4) is 0 Å². The van der Waals surface area contributed by atoms with Gasteiger partial charge in [-0.25, -0.2) is 0 Å². The summed E-state index contributed by atoms with van der Waals surface area (Å²) in [6.07, 6.45) is 5.82. The van der Waals surface area contributed by atoms with E-state index in [0.29, 0.717) is 5.57 Å². The van der Waals surface area contributed by atoms with Crippen molar-refractivity contribution in [1.82, 2.24) is 0 Å². The number of ketones is 1. The maximum Gasteiger partial charge on any atom is 0.195 e. The molecule has 1 N–H and O–H groups in total. The van der Waals surface area contributed by atoms with Crippen molar-refractivity contribution >= 4 is 5.78 Å². The van der Waals surface area contributed by atoms with Gasteiger partial charge in [-0.3, -0.25) is 4.79 Å². The van der Waals surface area contributed by atoms with E-state index in [9.17, 15) is 9.90 Å². The molecule has 1 fully saturated rings. The van der Waals surface area contributed by atoms with Crippen molar-refractivity contribution in [2.45, 2.75) is 39.2 Å². The van der Waals surface area contributed by atoms with Gasteiger partial charge in [-0.15, -0.1) is 0 Å². The summed E-state index contributed by atoms with van der Waals surface area (Å²) in [5.74, 6) is -0.0984. The highest BCUT2D eigenvalue weighted by atomic mass is 16.3. The van der Waals surface area contributed by atoms with Gasteiger partial charge in [-0.2, -0.15) is 0 Å². The normalized spacial score (nSPS) is 35.1. The van der Waals surface area contributed by atoms with Crippen LogP contribution in [0.15, 0.2) is 34.4 Å². The van der Waals surface area contributed by atoms with E-state index >= 15 is 0 Å². The molecule has 1 atom stereocenters. The fourth-order valence-electron chi connectivity index (χ4n) is 3.24. The predicted molar refractivity (Wildman–Crippen MR) is 61.8 cm³/mol. The molecule has 2 heteroatoms. The standard InChI is InChI=1S/C14H16O2/c1-8-6-10-9(2)14(4-5-14)13(3,16)12(15)11(10)7-8/h6-7,16H,4-5H2,1-3H3/t13-/m0/s1. The molecule has 0 aromatic heterocycles. The average molecular weight is 216 g/mol. The van der Waals surface area contributed by atoms with Crippen LogP contribution < -0.4 is 0 Å². The number of carbonyl (C=O) groups is 1. The highest BCUT2D eigenvalue weighted by Gasteiger charge is 2.64. The molecule has 1 spiro atoms. The molecule has 0 amide bonds. The van der Waals surface area contributed by atoms with Gasteiger partial charge >= 0.3 is 0 Å². The summed E-state index contributed by atoms with van der Waals surface area (Å²) in [5.41, 5.74) is 2.60. The van der Waals surface area contributed by atoms with Crippen LogP contribution in [0.4, 0.5) is 0 Å². The van der Waals surface area contributed by atoms with Crippen molar-refractivity contribution in [3.63, 3.8) is 0 Å². The van der Waals surface area contributed by atoms with Crippen LogP contribution in [0.2, 0.25) is 0 Å². The maximum absolute atomic E-state index is 12.3. The fourth-order valence-corrected chi connectivity index (χ4v) is 3.24. The summed E-state index contributed by atoms with van der Waals surface area (Å²) in [4.78, 5) is 12.3. The minimum absolute atomic E-state index is 0.0984. The van der Waals surface area contributed by atoms with Crippen molar-refractivity contribution < 1.29 is 9.90 Å². The molecule has 0 saturated heterocycles. The van der Waals surface area contributed by atoms with Gasteiger partial charge in [0.05, 0.1) is 0 Å². The summed E-state index contributed by atoms with van der Waals surface area (Å²) in [6, 6.07) is 0. The van der Waals surface area contributed by atoms with E-state index in [1.807, 2.05) is 13.0 Å². The Morgan fingerprint density at radius 1 is 1.25 bits per heavy atom. The van der Waals surface area contributed by atoms with Crippen LogP contribution in [0.25, 0.3) is 0 Å². The highest BCUT2D eigenvalue weighted by Crippen LogP contribution is 2.64. The van der Waals surface area contributed by atoms with Crippen molar-refractivity contribution in [3.05, 3.63) is 34.4 Å². The Morgan fingerprint density at radius 2 is 1.88 bits per heavy atom. The molecule has 3 aliphatic rings. The largest absolute Gasteiger partial charge is 0.381 e. The van der Waals surface area contributed by atoms with Gasteiger partial charge in [0.2, 0.25) is 0 Å². The predicted octanol–water partition coefficient (Wildman–Crippen LogP) is 2.30. The number of fused-ring (bicyclic) bond motifs is 1. The smallest absolute Gasteiger partial charge is 0.195 e. The third-order valence-electron chi connectivity index (χ3n) is 4.52. The van der Waals surface area contributed by atoms with Crippen molar-refractivity contribution in [3.8, 4) is 0 Å². The number of hydrogen-bond acceptors (Lipinski definition) is 2. The van der Waals surface area contributed by atoms with E-state index in [1.165, 1.54) is 5.57 Å².